The molecule has 0 aliphatic rings. The van der Waals surface area contributed by atoms with Crippen molar-refractivity contribution >= 4 is 27.3 Å². The summed E-state index contributed by atoms with van der Waals surface area (Å²) in [6.07, 6.45) is 5.52. The largest absolute Gasteiger partial charge is 0.459 e. The summed E-state index contributed by atoms with van der Waals surface area (Å²) < 4.78 is 32.2. The maximum Gasteiger partial charge on any atom is 0.340 e. The number of aromatic nitrogens is 2. The van der Waals surface area contributed by atoms with Crippen molar-refractivity contribution in [2.45, 2.75) is 51.0 Å². The van der Waals surface area contributed by atoms with Gasteiger partial charge in [0.2, 0.25) is 10.0 Å². The molecular weight excluding hydrogens is 434 g/mol. The van der Waals surface area contributed by atoms with Gasteiger partial charge in [-0.25, -0.2) is 23.3 Å². The van der Waals surface area contributed by atoms with Crippen molar-refractivity contribution in [3.63, 3.8) is 0 Å². The fraction of sp³-hybridized carbons (Fsp3) is 0.364. The van der Waals surface area contributed by atoms with E-state index >= 15 is 0 Å². The van der Waals surface area contributed by atoms with Gasteiger partial charge in [0.15, 0.2) is 0 Å². The minimum atomic E-state index is -4.03. The zero-order chi connectivity index (χ0) is 22.8. The quantitative estimate of drug-likeness (QED) is 0.509. The minimum Gasteiger partial charge on any atom is -0.459 e. The van der Waals surface area contributed by atoms with Crippen LogP contribution in [-0.4, -0.2) is 30.0 Å². The van der Waals surface area contributed by atoms with Gasteiger partial charge in [0.1, 0.15) is 4.21 Å². The maximum absolute atomic E-state index is 13.0. The number of carbonyl (C=O) groups excluding carboxylic acids is 1. The number of imidazole rings is 1. The van der Waals surface area contributed by atoms with Gasteiger partial charge in [0.25, 0.3) is 0 Å². The summed E-state index contributed by atoms with van der Waals surface area (Å²) in [5.74, 6) is -0.308. The lowest BCUT2D eigenvalue weighted by Crippen LogP contribution is -2.15. The van der Waals surface area contributed by atoms with Gasteiger partial charge >= 0.3 is 5.97 Å². The predicted molar refractivity (Wildman–Crippen MR) is 122 cm³/mol. The van der Waals surface area contributed by atoms with Crippen LogP contribution in [0.2, 0.25) is 0 Å². The van der Waals surface area contributed by atoms with Crippen molar-refractivity contribution < 1.29 is 17.9 Å². The van der Waals surface area contributed by atoms with E-state index in [0.717, 1.165) is 16.9 Å². The van der Waals surface area contributed by atoms with E-state index in [0.29, 0.717) is 34.5 Å². The minimum absolute atomic E-state index is 0.0128. The molecule has 0 saturated heterocycles. The number of nitrogens with zero attached hydrogens (tertiary/aromatic N) is 2. The van der Waals surface area contributed by atoms with Crippen LogP contribution in [0.3, 0.4) is 0 Å². The van der Waals surface area contributed by atoms with Crippen molar-refractivity contribution in [1.82, 2.24) is 9.55 Å². The van der Waals surface area contributed by atoms with Gasteiger partial charge in [0.05, 0.1) is 18.0 Å². The summed E-state index contributed by atoms with van der Waals surface area (Å²) in [4.78, 5) is 17.7. The van der Waals surface area contributed by atoms with Crippen molar-refractivity contribution in [3.8, 4) is 11.1 Å². The van der Waals surface area contributed by atoms with Crippen LogP contribution >= 0.6 is 11.3 Å². The van der Waals surface area contributed by atoms with E-state index in [2.05, 4.69) is 4.98 Å². The number of hydrogen-bond acceptors (Lipinski definition) is 6. The Kier molecular flexibility index (Phi) is 6.98. The van der Waals surface area contributed by atoms with E-state index in [4.69, 9.17) is 9.88 Å². The van der Waals surface area contributed by atoms with Gasteiger partial charge < -0.3 is 9.30 Å². The second-order valence-corrected chi connectivity index (χ2v) is 11.0. The standard InChI is InChI=1S/C22H27N3O4S2/c1-14(2)11-18-20(21(26)29-15(3)4)19(22(30-18)31(23,27)28)17-7-5-16(6-8-17)12-25-10-9-24-13-25/h5-10,13-15H,11-12H2,1-4H3,(H2,23,27,28). The zero-order valence-electron chi connectivity index (χ0n) is 18.0. The molecule has 3 aromatic rings. The van der Waals surface area contributed by atoms with E-state index in [1.807, 2.05) is 48.9 Å². The first-order valence-corrected chi connectivity index (χ1v) is 12.4. The molecule has 0 aliphatic heterocycles. The number of ether oxygens (including phenoxy) is 1. The molecule has 2 N–H and O–H groups in total. The van der Waals surface area contributed by atoms with E-state index in [9.17, 15) is 13.2 Å². The molecule has 1 aromatic carbocycles. The number of thiophene rings is 1. The normalized spacial score (nSPS) is 12.0. The number of esters is 1. The van der Waals surface area contributed by atoms with Crippen LogP contribution in [0.15, 0.2) is 47.2 Å². The third-order valence-corrected chi connectivity index (χ3v) is 7.19. The van der Waals surface area contributed by atoms with Crippen LogP contribution in [0.5, 0.6) is 0 Å². The van der Waals surface area contributed by atoms with Crippen LogP contribution in [0.4, 0.5) is 0 Å². The summed E-state index contributed by atoms with van der Waals surface area (Å²) in [5, 5.41) is 5.55. The molecule has 0 bridgehead atoms. The van der Waals surface area contributed by atoms with Crippen LogP contribution in [0.1, 0.15) is 48.5 Å². The molecule has 166 valence electrons. The molecule has 0 radical (unpaired) electrons. The SMILES string of the molecule is CC(C)Cc1sc(S(N)(=O)=O)c(-c2ccc(Cn3ccnc3)cc2)c1C(=O)OC(C)C. The van der Waals surface area contributed by atoms with Crippen molar-refractivity contribution in [1.29, 1.82) is 0 Å². The Morgan fingerprint density at radius 2 is 1.87 bits per heavy atom. The van der Waals surface area contributed by atoms with Crippen molar-refractivity contribution in [2.24, 2.45) is 11.1 Å². The van der Waals surface area contributed by atoms with Crippen LogP contribution < -0.4 is 5.14 Å². The van der Waals surface area contributed by atoms with Gasteiger partial charge in [0, 0.05) is 29.4 Å². The van der Waals surface area contributed by atoms with Gasteiger partial charge in [-0.1, -0.05) is 38.1 Å². The number of nitrogens with two attached hydrogens (primary N) is 1. The number of rotatable bonds is 8. The first-order valence-electron chi connectivity index (χ1n) is 10.0. The summed E-state index contributed by atoms with van der Waals surface area (Å²) in [5.41, 5.74) is 2.24. The van der Waals surface area contributed by atoms with E-state index in [1.165, 1.54) is 0 Å². The average molecular weight is 462 g/mol. The summed E-state index contributed by atoms with van der Waals surface area (Å²) in [6, 6.07) is 7.43. The number of hydrogen-bond donors (Lipinski definition) is 1. The van der Waals surface area contributed by atoms with Gasteiger partial charge in [-0.05, 0) is 37.3 Å². The van der Waals surface area contributed by atoms with E-state index < -0.39 is 16.0 Å². The molecule has 0 fully saturated rings. The Hall–Kier alpha value is -2.49. The Morgan fingerprint density at radius 3 is 2.39 bits per heavy atom. The van der Waals surface area contributed by atoms with Crippen LogP contribution in [0.25, 0.3) is 11.1 Å². The summed E-state index contributed by atoms with van der Waals surface area (Å²) >= 11 is 1.05. The molecule has 7 nitrogen and oxygen atoms in total. The van der Waals surface area contributed by atoms with E-state index in [-0.39, 0.29) is 16.2 Å². The maximum atomic E-state index is 13.0. The van der Waals surface area contributed by atoms with Crippen molar-refractivity contribution in [3.05, 3.63) is 59.0 Å². The lowest BCUT2D eigenvalue weighted by Gasteiger charge is -2.13. The average Bonchev–Trinajstić information content (AvgIpc) is 3.29. The third-order valence-electron chi connectivity index (χ3n) is 4.51. The smallest absolute Gasteiger partial charge is 0.340 e. The molecule has 2 aromatic heterocycles. The highest BCUT2D eigenvalue weighted by Crippen LogP contribution is 2.41. The monoisotopic (exact) mass is 461 g/mol. The Balaban J connectivity index is 2.13. The van der Waals surface area contributed by atoms with Crippen molar-refractivity contribution in [2.75, 3.05) is 0 Å². The summed E-state index contributed by atoms with van der Waals surface area (Å²) in [7, 11) is -4.03. The van der Waals surface area contributed by atoms with Gasteiger partial charge in [-0.15, -0.1) is 11.3 Å². The molecular formula is C22H27N3O4S2. The Labute approximate surface area is 186 Å². The molecule has 3 rings (SSSR count). The molecule has 0 amide bonds. The van der Waals surface area contributed by atoms with Gasteiger partial charge in [-0.2, -0.15) is 0 Å². The molecule has 0 atom stereocenters. The molecule has 9 heteroatoms. The molecule has 0 saturated carbocycles. The fourth-order valence-electron chi connectivity index (χ4n) is 3.29. The third kappa shape index (κ3) is 5.61. The van der Waals surface area contributed by atoms with Crippen LogP contribution in [-0.2, 0) is 27.7 Å². The lowest BCUT2D eigenvalue weighted by atomic mass is 9.98. The van der Waals surface area contributed by atoms with E-state index in [1.54, 1.807) is 26.4 Å². The predicted octanol–water partition coefficient (Wildman–Crippen LogP) is 4.07. The Morgan fingerprint density at radius 1 is 1.19 bits per heavy atom. The number of primary sulfonamides is 1. The first kappa shape index (κ1) is 23.2. The first-order chi connectivity index (χ1) is 14.6. The second-order valence-electron chi connectivity index (χ2n) is 8.09. The highest BCUT2D eigenvalue weighted by Gasteiger charge is 2.31. The molecule has 0 aliphatic carbocycles. The highest BCUT2D eigenvalue weighted by atomic mass is 32.2. The Bertz CT molecular complexity index is 1150. The number of benzene rings is 1. The topological polar surface area (TPSA) is 104 Å². The summed E-state index contributed by atoms with van der Waals surface area (Å²) in [6.45, 7) is 8.18. The lowest BCUT2D eigenvalue weighted by molar-refractivity contribution is 0.0378. The fourth-order valence-corrected chi connectivity index (χ4v) is 5.81. The highest BCUT2D eigenvalue weighted by molar-refractivity contribution is 7.91. The number of carbonyl (C=O) groups is 1. The van der Waals surface area contributed by atoms with Crippen LogP contribution in [0, 0.1) is 5.92 Å². The molecule has 0 spiro atoms. The molecule has 2 heterocycles. The molecule has 31 heavy (non-hydrogen) atoms. The zero-order valence-corrected chi connectivity index (χ0v) is 19.7. The number of sulfonamides is 1. The second kappa shape index (κ2) is 9.33. The molecule has 0 unspecified atom stereocenters. The van der Waals surface area contributed by atoms with Gasteiger partial charge in [-0.3, -0.25) is 0 Å².